The third-order valence-electron chi connectivity index (χ3n) is 1.73. The minimum absolute atomic E-state index is 0.111. The van der Waals surface area contributed by atoms with Crippen LogP contribution in [-0.4, -0.2) is 17.4 Å². The summed E-state index contributed by atoms with van der Waals surface area (Å²) in [4.78, 5) is 12.5. The fraction of sp³-hybridized carbons (Fsp3) is 0.625. The van der Waals surface area contributed by atoms with Gasteiger partial charge >= 0.3 is 0 Å². The van der Waals surface area contributed by atoms with Crippen molar-refractivity contribution in [1.82, 2.24) is 4.90 Å². The summed E-state index contributed by atoms with van der Waals surface area (Å²) in [5.74, 6) is 0.111. The highest BCUT2D eigenvalue weighted by Crippen LogP contribution is 2.09. The Morgan fingerprint density at radius 2 is 2.20 bits per heavy atom. The SMILES string of the molecule is C#CN1CCCCCC1=O. The third-order valence-corrected chi connectivity index (χ3v) is 1.73. The van der Waals surface area contributed by atoms with Crippen LogP contribution in [0, 0.1) is 12.5 Å². The number of carbonyl (C=O) groups is 1. The van der Waals surface area contributed by atoms with Crippen LogP contribution in [0.3, 0.4) is 0 Å². The molecular weight excluding hydrogens is 126 g/mol. The van der Waals surface area contributed by atoms with Gasteiger partial charge in [0.05, 0.1) is 0 Å². The van der Waals surface area contributed by atoms with E-state index in [1.807, 2.05) is 0 Å². The van der Waals surface area contributed by atoms with Gasteiger partial charge in [-0.15, -0.1) is 0 Å². The summed E-state index contributed by atoms with van der Waals surface area (Å²) in [6, 6.07) is 2.38. The van der Waals surface area contributed by atoms with E-state index in [2.05, 4.69) is 6.04 Å². The molecule has 2 nitrogen and oxygen atoms in total. The molecule has 1 heterocycles. The number of hydrogen-bond acceptors (Lipinski definition) is 1. The van der Waals surface area contributed by atoms with Crippen LogP contribution in [0.4, 0.5) is 0 Å². The Balaban J connectivity index is 2.54. The van der Waals surface area contributed by atoms with E-state index in [-0.39, 0.29) is 5.91 Å². The Labute approximate surface area is 61.2 Å². The van der Waals surface area contributed by atoms with Crippen LogP contribution in [0.25, 0.3) is 0 Å². The van der Waals surface area contributed by atoms with E-state index in [9.17, 15) is 4.79 Å². The molecule has 0 spiro atoms. The zero-order chi connectivity index (χ0) is 7.40. The molecule has 2 heteroatoms. The maximum Gasteiger partial charge on any atom is 0.234 e. The molecule has 0 aromatic rings. The van der Waals surface area contributed by atoms with Gasteiger partial charge in [-0.1, -0.05) is 12.8 Å². The third kappa shape index (κ3) is 1.51. The lowest BCUT2D eigenvalue weighted by Crippen LogP contribution is -2.24. The van der Waals surface area contributed by atoms with Crippen molar-refractivity contribution < 1.29 is 4.79 Å². The van der Waals surface area contributed by atoms with Gasteiger partial charge in [0.1, 0.15) is 0 Å². The van der Waals surface area contributed by atoms with Gasteiger partial charge in [-0.2, -0.15) is 0 Å². The van der Waals surface area contributed by atoms with E-state index in [1.54, 1.807) is 0 Å². The standard InChI is InChI=1S/C8H11NO/c1-2-9-7-5-3-4-6-8(9)10/h1H,3-7H2. The lowest BCUT2D eigenvalue weighted by Gasteiger charge is -2.10. The van der Waals surface area contributed by atoms with Crippen LogP contribution in [0.2, 0.25) is 0 Å². The van der Waals surface area contributed by atoms with Crippen LogP contribution in [0.1, 0.15) is 25.7 Å². The first-order valence-corrected chi connectivity index (χ1v) is 3.61. The topological polar surface area (TPSA) is 20.3 Å². The van der Waals surface area contributed by atoms with Crippen molar-refractivity contribution in [3.05, 3.63) is 0 Å². The highest BCUT2D eigenvalue weighted by atomic mass is 16.2. The van der Waals surface area contributed by atoms with Gasteiger partial charge in [0.2, 0.25) is 5.91 Å². The van der Waals surface area contributed by atoms with Crippen molar-refractivity contribution in [2.45, 2.75) is 25.7 Å². The largest absolute Gasteiger partial charge is 0.274 e. The van der Waals surface area contributed by atoms with Gasteiger partial charge < -0.3 is 0 Å². The van der Waals surface area contributed by atoms with Crippen molar-refractivity contribution in [1.29, 1.82) is 0 Å². The molecule has 0 unspecified atom stereocenters. The average Bonchev–Trinajstić information content (AvgIpc) is 2.13. The summed E-state index contributed by atoms with van der Waals surface area (Å²) in [5.41, 5.74) is 0. The van der Waals surface area contributed by atoms with Crippen LogP contribution in [0.15, 0.2) is 0 Å². The monoisotopic (exact) mass is 137 g/mol. The summed E-state index contributed by atoms with van der Waals surface area (Å²) < 4.78 is 0. The quantitative estimate of drug-likeness (QED) is 0.456. The molecule has 1 rings (SSSR count). The normalized spacial score (nSPS) is 19.9. The molecule has 0 radical (unpaired) electrons. The van der Waals surface area contributed by atoms with E-state index >= 15 is 0 Å². The molecular formula is C8H11NO. The molecule has 0 aromatic carbocycles. The van der Waals surface area contributed by atoms with Crippen molar-refractivity contribution in [3.63, 3.8) is 0 Å². The lowest BCUT2D eigenvalue weighted by atomic mass is 10.2. The van der Waals surface area contributed by atoms with Gasteiger partial charge in [0.15, 0.2) is 0 Å². The summed E-state index contributed by atoms with van der Waals surface area (Å²) in [5, 5.41) is 0. The summed E-state index contributed by atoms with van der Waals surface area (Å²) >= 11 is 0. The van der Waals surface area contributed by atoms with Gasteiger partial charge in [0, 0.05) is 19.0 Å². The minimum atomic E-state index is 0.111. The molecule has 1 aliphatic heterocycles. The zero-order valence-corrected chi connectivity index (χ0v) is 5.97. The van der Waals surface area contributed by atoms with Gasteiger partial charge in [-0.05, 0) is 12.8 Å². The molecule has 0 bridgehead atoms. The van der Waals surface area contributed by atoms with Crippen LogP contribution >= 0.6 is 0 Å². The number of rotatable bonds is 0. The van der Waals surface area contributed by atoms with E-state index in [1.165, 1.54) is 4.90 Å². The summed E-state index contributed by atoms with van der Waals surface area (Å²) in [7, 11) is 0. The predicted octanol–water partition coefficient (Wildman–Crippen LogP) is 0.980. The van der Waals surface area contributed by atoms with E-state index in [0.717, 1.165) is 25.8 Å². The van der Waals surface area contributed by atoms with Crippen LogP contribution in [0.5, 0.6) is 0 Å². The van der Waals surface area contributed by atoms with Gasteiger partial charge in [0.25, 0.3) is 0 Å². The maximum absolute atomic E-state index is 11.0. The van der Waals surface area contributed by atoms with Crippen molar-refractivity contribution >= 4 is 5.91 Å². The Morgan fingerprint density at radius 1 is 1.40 bits per heavy atom. The Morgan fingerprint density at radius 3 is 2.90 bits per heavy atom. The molecule has 0 N–H and O–H groups in total. The minimum Gasteiger partial charge on any atom is -0.274 e. The van der Waals surface area contributed by atoms with E-state index in [4.69, 9.17) is 6.42 Å². The second-order valence-electron chi connectivity index (χ2n) is 2.49. The number of amides is 1. The Bertz CT molecular complexity index is 169. The fourth-order valence-corrected chi connectivity index (χ4v) is 1.12. The molecule has 0 atom stereocenters. The predicted molar refractivity (Wildman–Crippen MR) is 39.0 cm³/mol. The number of likely N-dealkylation sites (tertiary alicyclic amines) is 1. The first-order valence-electron chi connectivity index (χ1n) is 3.61. The number of terminal acetylenes is 1. The summed E-state index contributed by atoms with van der Waals surface area (Å²) in [6.07, 6.45) is 8.92. The van der Waals surface area contributed by atoms with Crippen molar-refractivity contribution in [2.24, 2.45) is 0 Å². The molecule has 1 aliphatic rings. The first-order chi connectivity index (χ1) is 4.84. The average molecular weight is 137 g/mol. The highest BCUT2D eigenvalue weighted by molar-refractivity contribution is 5.78. The first kappa shape index (κ1) is 7.14. The molecule has 0 saturated carbocycles. The molecule has 0 aliphatic carbocycles. The lowest BCUT2D eigenvalue weighted by molar-refractivity contribution is -0.127. The van der Waals surface area contributed by atoms with Crippen molar-refractivity contribution in [3.8, 4) is 12.5 Å². The van der Waals surface area contributed by atoms with E-state index in [0.29, 0.717) is 6.42 Å². The molecule has 1 saturated heterocycles. The van der Waals surface area contributed by atoms with E-state index < -0.39 is 0 Å². The Kier molecular flexibility index (Phi) is 2.33. The highest BCUT2D eigenvalue weighted by Gasteiger charge is 2.13. The summed E-state index contributed by atoms with van der Waals surface area (Å²) in [6.45, 7) is 0.745. The zero-order valence-electron chi connectivity index (χ0n) is 5.97. The van der Waals surface area contributed by atoms with Gasteiger partial charge in [-0.25, -0.2) is 0 Å². The molecule has 1 amide bonds. The van der Waals surface area contributed by atoms with Crippen LogP contribution in [-0.2, 0) is 4.79 Å². The van der Waals surface area contributed by atoms with Gasteiger partial charge in [-0.3, -0.25) is 9.69 Å². The Hall–Kier alpha value is -0.970. The smallest absolute Gasteiger partial charge is 0.234 e. The number of hydrogen-bond donors (Lipinski definition) is 0. The fourth-order valence-electron chi connectivity index (χ4n) is 1.12. The number of nitrogens with zero attached hydrogens (tertiary/aromatic N) is 1. The maximum atomic E-state index is 11.0. The molecule has 54 valence electrons. The second-order valence-corrected chi connectivity index (χ2v) is 2.49. The number of carbonyl (C=O) groups excluding carboxylic acids is 1. The van der Waals surface area contributed by atoms with Crippen LogP contribution < -0.4 is 0 Å². The molecule has 0 aromatic heterocycles. The van der Waals surface area contributed by atoms with Crippen molar-refractivity contribution in [2.75, 3.05) is 6.54 Å². The molecule has 1 fully saturated rings. The molecule has 10 heavy (non-hydrogen) atoms. The second kappa shape index (κ2) is 3.26.